The first kappa shape index (κ1) is 9.82. The number of aliphatic hydroxyl groups excluding tert-OH is 2. The molecule has 0 aliphatic carbocycles. The van der Waals surface area contributed by atoms with Gasteiger partial charge in [0, 0.05) is 6.92 Å². The topological polar surface area (TPSA) is 71.3 Å². The molecule has 14 heavy (non-hydrogen) atoms. The summed E-state index contributed by atoms with van der Waals surface area (Å²) in [5.74, 6) is 0.380. The second-order valence-electron chi connectivity index (χ2n) is 3.43. The van der Waals surface area contributed by atoms with E-state index in [2.05, 4.69) is 4.99 Å². The van der Waals surface area contributed by atoms with Crippen LogP contribution in [0.5, 0.6) is 0 Å². The van der Waals surface area contributed by atoms with E-state index < -0.39 is 37.3 Å². The van der Waals surface area contributed by atoms with Gasteiger partial charge in [0.1, 0.15) is 31.0 Å². The quantitative estimate of drug-likeness (QED) is 0.589. The number of halogens is 1. The highest BCUT2D eigenvalue weighted by molar-refractivity contribution is 5.75. The lowest BCUT2D eigenvalue weighted by Gasteiger charge is -2.36. The van der Waals surface area contributed by atoms with E-state index in [9.17, 15) is 14.6 Å². The lowest BCUT2D eigenvalue weighted by Crippen LogP contribution is -2.56. The maximum absolute atomic E-state index is 12.4. The molecule has 5 nitrogen and oxygen atoms in total. The molecule has 5 atom stereocenters. The molecular formula is C8H12FNO4. The van der Waals surface area contributed by atoms with E-state index in [0.29, 0.717) is 5.90 Å². The van der Waals surface area contributed by atoms with Crippen molar-refractivity contribution in [2.45, 2.75) is 37.6 Å². The van der Waals surface area contributed by atoms with Gasteiger partial charge in [0.05, 0.1) is 0 Å². The van der Waals surface area contributed by atoms with Crippen molar-refractivity contribution >= 4 is 5.90 Å². The maximum atomic E-state index is 12.4. The van der Waals surface area contributed by atoms with E-state index in [1.165, 1.54) is 0 Å². The summed E-state index contributed by atoms with van der Waals surface area (Å²) in [6.07, 6.45) is -4.19. The summed E-state index contributed by atoms with van der Waals surface area (Å²) in [7, 11) is 0. The first-order valence-electron chi connectivity index (χ1n) is 4.42. The fraction of sp³-hybridized carbons (Fsp3) is 0.875. The molecule has 0 bridgehead atoms. The van der Waals surface area contributed by atoms with E-state index in [1.54, 1.807) is 6.92 Å². The zero-order chi connectivity index (χ0) is 10.3. The van der Waals surface area contributed by atoms with Gasteiger partial charge in [0.25, 0.3) is 0 Å². The molecule has 2 rings (SSSR count). The molecule has 1 fully saturated rings. The number of alkyl halides is 1. The van der Waals surface area contributed by atoms with Crippen LogP contribution in [0.15, 0.2) is 4.99 Å². The largest absolute Gasteiger partial charge is 0.450 e. The first-order chi connectivity index (χ1) is 6.63. The smallest absolute Gasteiger partial charge is 0.227 e. The van der Waals surface area contributed by atoms with Crippen LogP contribution >= 0.6 is 0 Å². The van der Waals surface area contributed by atoms with Crippen molar-refractivity contribution in [2.75, 3.05) is 6.67 Å². The number of fused-ring (bicyclic) bond motifs is 1. The molecule has 0 unspecified atom stereocenters. The Morgan fingerprint density at radius 3 is 2.79 bits per heavy atom. The molecule has 0 aromatic rings. The second-order valence-corrected chi connectivity index (χ2v) is 3.43. The molecule has 0 aromatic heterocycles. The van der Waals surface area contributed by atoms with E-state index in [-0.39, 0.29) is 0 Å². The SMILES string of the molecule is CC1=N[C@H]2[C@@H](O1)O[C@H](CF)[C@@H](O)[C@@H]2O. The first-order valence-corrected chi connectivity index (χ1v) is 4.42. The highest BCUT2D eigenvalue weighted by Crippen LogP contribution is 2.28. The molecule has 6 heteroatoms. The highest BCUT2D eigenvalue weighted by Gasteiger charge is 2.48. The minimum absolute atomic E-state index is 0.380. The third kappa shape index (κ3) is 1.39. The molecular weight excluding hydrogens is 193 g/mol. The van der Waals surface area contributed by atoms with Crippen LogP contribution in [0.3, 0.4) is 0 Å². The lowest BCUT2D eigenvalue weighted by atomic mass is 9.98. The molecule has 0 radical (unpaired) electrons. The Balaban J connectivity index is 2.14. The molecule has 2 heterocycles. The minimum atomic E-state index is -1.25. The predicted octanol–water partition coefficient (Wildman–Crippen LogP) is -0.780. The molecule has 0 spiro atoms. The van der Waals surface area contributed by atoms with Crippen molar-refractivity contribution in [2.24, 2.45) is 4.99 Å². The normalized spacial score (nSPS) is 46.9. The Morgan fingerprint density at radius 2 is 2.14 bits per heavy atom. The van der Waals surface area contributed by atoms with Crippen LogP contribution in [0.4, 0.5) is 4.39 Å². The molecule has 0 saturated carbocycles. The van der Waals surface area contributed by atoms with Crippen LogP contribution in [0.2, 0.25) is 0 Å². The van der Waals surface area contributed by atoms with Gasteiger partial charge in [-0.25, -0.2) is 9.38 Å². The molecule has 2 N–H and O–H groups in total. The lowest BCUT2D eigenvalue weighted by molar-refractivity contribution is -0.229. The molecule has 0 amide bonds. The van der Waals surface area contributed by atoms with Crippen molar-refractivity contribution in [3.63, 3.8) is 0 Å². The highest BCUT2D eigenvalue weighted by atomic mass is 19.1. The number of aliphatic hydroxyl groups is 2. The zero-order valence-corrected chi connectivity index (χ0v) is 7.63. The van der Waals surface area contributed by atoms with E-state index in [1.807, 2.05) is 0 Å². The van der Waals surface area contributed by atoms with Gasteiger partial charge in [-0.05, 0) is 0 Å². The summed E-state index contributed by atoms with van der Waals surface area (Å²) < 4.78 is 22.6. The number of nitrogens with zero attached hydrogens (tertiary/aromatic N) is 1. The average molecular weight is 205 g/mol. The third-order valence-electron chi connectivity index (χ3n) is 2.44. The minimum Gasteiger partial charge on any atom is -0.450 e. The third-order valence-corrected chi connectivity index (χ3v) is 2.44. The van der Waals surface area contributed by atoms with Crippen molar-refractivity contribution in [1.82, 2.24) is 0 Å². The summed E-state index contributed by atoms with van der Waals surface area (Å²) in [5.41, 5.74) is 0. The monoisotopic (exact) mass is 205 g/mol. The van der Waals surface area contributed by atoms with Gasteiger partial charge >= 0.3 is 0 Å². The standard InChI is InChI=1S/C8H12FNO4/c1-3-10-5-7(12)6(11)4(2-9)14-8(5)13-3/h4-8,11-12H,2H2,1H3/t4-,5-,6-,7-,8+/m1/s1. The fourth-order valence-electron chi connectivity index (χ4n) is 1.69. The molecule has 80 valence electrons. The van der Waals surface area contributed by atoms with Gasteiger partial charge in [-0.1, -0.05) is 0 Å². The predicted molar refractivity (Wildman–Crippen MR) is 44.6 cm³/mol. The number of hydrogen-bond acceptors (Lipinski definition) is 5. The van der Waals surface area contributed by atoms with E-state index in [4.69, 9.17) is 9.47 Å². The Hall–Kier alpha value is -0.720. The Bertz CT molecular complexity index is 260. The van der Waals surface area contributed by atoms with Gasteiger partial charge in [0.2, 0.25) is 6.29 Å². The van der Waals surface area contributed by atoms with Crippen LogP contribution in [-0.2, 0) is 9.47 Å². The Morgan fingerprint density at radius 1 is 1.43 bits per heavy atom. The number of rotatable bonds is 1. The van der Waals surface area contributed by atoms with Crippen LogP contribution in [-0.4, -0.2) is 53.4 Å². The van der Waals surface area contributed by atoms with Gasteiger partial charge in [-0.3, -0.25) is 0 Å². The maximum Gasteiger partial charge on any atom is 0.227 e. The Kier molecular flexibility index (Phi) is 2.42. The molecule has 1 saturated heterocycles. The van der Waals surface area contributed by atoms with Crippen LogP contribution in [0, 0.1) is 0 Å². The van der Waals surface area contributed by atoms with Crippen LogP contribution in [0.1, 0.15) is 6.92 Å². The van der Waals surface area contributed by atoms with Crippen molar-refractivity contribution in [3.8, 4) is 0 Å². The van der Waals surface area contributed by atoms with Gasteiger partial charge in [-0.15, -0.1) is 0 Å². The number of hydrogen-bond donors (Lipinski definition) is 2. The van der Waals surface area contributed by atoms with Crippen LogP contribution in [0.25, 0.3) is 0 Å². The van der Waals surface area contributed by atoms with Crippen molar-refractivity contribution < 1.29 is 24.1 Å². The summed E-state index contributed by atoms with van der Waals surface area (Å²) in [6.45, 7) is 0.759. The fourth-order valence-corrected chi connectivity index (χ4v) is 1.69. The summed E-state index contributed by atoms with van der Waals surface area (Å²) in [5, 5.41) is 19.0. The number of ether oxygens (including phenoxy) is 2. The summed E-state index contributed by atoms with van der Waals surface area (Å²) in [6, 6.07) is -0.646. The average Bonchev–Trinajstić information content (AvgIpc) is 2.52. The second kappa shape index (κ2) is 3.45. The van der Waals surface area contributed by atoms with Gasteiger partial charge in [-0.2, -0.15) is 0 Å². The summed E-state index contributed by atoms with van der Waals surface area (Å²) in [4.78, 5) is 3.95. The van der Waals surface area contributed by atoms with Crippen molar-refractivity contribution in [3.05, 3.63) is 0 Å². The van der Waals surface area contributed by atoms with E-state index >= 15 is 0 Å². The van der Waals surface area contributed by atoms with E-state index in [0.717, 1.165) is 0 Å². The van der Waals surface area contributed by atoms with Gasteiger partial charge in [0.15, 0.2) is 5.90 Å². The van der Waals surface area contributed by atoms with Crippen molar-refractivity contribution in [1.29, 1.82) is 0 Å². The molecule has 2 aliphatic heterocycles. The summed E-state index contributed by atoms with van der Waals surface area (Å²) >= 11 is 0. The van der Waals surface area contributed by atoms with Crippen LogP contribution < -0.4 is 0 Å². The molecule has 0 aromatic carbocycles. The van der Waals surface area contributed by atoms with Gasteiger partial charge < -0.3 is 19.7 Å². The zero-order valence-electron chi connectivity index (χ0n) is 7.63. The number of aliphatic imine (C=N–C) groups is 1. The Labute approximate surface area is 80.2 Å². The molecule has 2 aliphatic rings.